The molecule has 1 nitrogen and oxygen atoms in total. The quantitative estimate of drug-likeness (QED) is 0.754. The Morgan fingerprint density at radius 1 is 1.05 bits per heavy atom. The molecular formula is C16H12BrFO. The van der Waals surface area contributed by atoms with E-state index in [-0.39, 0.29) is 11.6 Å². The average Bonchev–Trinajstić information content (AvgIpc) is 2.85. The van der Waals surface area contributed by atoms with Crippen LogP contribution in [0.3, 0.4) is 0 Å². The summed E-state index contributed by atoms with van der Waals surface area (Å²) in [5, 5.41) is 0. The van der Waals surface area contributed by atoms with Gasteiger partial charge < -0.3 is 0 Å². The molecule has 0 radical (unpaired) electrons. The van der Waals surface area contributed by atoms with Gasteiger partial charge in [-0.1, -0.05) is 12.1 Å². The number of carbonyl (C=O) groups is 1. The zero-order valence-electron chi connectivity index (χ0n) is 10.2. The summed E-state index contributed by atoms with van der Waals surface area (Å²) in [7, 11) is 0. The third-order valence-corrected chi connectivity index (χ3v) is 4.19. The van der Waals surface area contributed by atoms with Crippen LogP contribution in [0.2, 0.25) is 0 Å². The minimum Gasteiger partial charge on any atom is -0.289 e. The van der Waals surface area contributed by atoms with Crippen LogP contribution >= 0.6 is 15.9 Å². The zero-order chi connectivity index (χ0) is 13.4. The first-order valence-electron chi connectivity index (χ1n) is 6.27. The van der Waals surface area contributed by atoms with Crippen LogP contribution in [0.25, 0.3) is 0 Å². The summed E-state index contributed by atoms with van der Waals surface area (Å²) in [6, 6.07) is 10.0. The number of benzene rings is 2. The Hall–Kier alpha value is -1.48. The van der Waals surface area contributed by atoms with E-state index in [9.17, 15) is 9.18 Å². The van der Waals surface area contributed by atoms with Crippen LogP contribution in [0, 0.1) is 5.82 Å². The monoisotopic (exact) mass is 318 g/mol. The molecule has 0 saturated heterocycles. The van der Waals surface area contributed by atoms with Crippen molar-refractivity contribution in [2.75, 3.05) is 0 Å². The summed E-state index contributed by atoms with van der Waals surface area (Å²) in [4.78, 5) is 12.4. The van der Waals surface area contributed by atoms with E-state index in [0.29, 0.717) is 15.6 Å². The van der Waals surface area contributed by atoms with Gasteiger partial charge in [-0.3, -0.25) is 4.79 Å². The third-order valence-electron chi connectivity index (χ3n) is 3.54. The fraction of sp³-hybridized carbons (Fsp3) is 0.188. The van der Waals surface area contributed by atoms with Crippen LogP contribution in [0.4, 0.5) is 4.39 Å². The van der Waals surface area contributed by atoms with Gasteiger partial charge in [0.15, 0.2) is 5.78 Å². The highest BCUT2D eigenvalue weighted by molar-refractivity contribution is 9.10. The number of hydrogen-bond donors (Lipinski definition) is 0. The summed E-state index contributed by atoms with van der Waals surface area (Å²) in [6.07, 6.45) is 3.30. The highest BCUT2D eigenvalue weighted by Gasteiger charge is 2.17. The molecule has 0 aliphatic heterocycles. The van der Waals surface area contributed by atoms with E-state index in [1.54, 1.807) is 0 Å². The van der Waals surface area contributed by atoms with E-state index in [4.69, 9.17) is 0 Å². The smallest absolute Gasteiger partial charge is 0.194 e. The molecule has 0 fully saturated rings. The highest BCUT2D eigenvalue weighted by Crippen LogP contribution is 2.26. The maximum Gasteiger partial charge on any atom is 0.194 e. The number of halogens is 2. The molecule has 0 heterocycles. The standard InChI is InChI=1S/C16H12BrFO/c17-15-9-13(18)6-7-14(15)16(19)12-5-4-10-2-1-3-11(10)8-12/h4-9H,1-3H2. The number of rotatable bonds is 2. The summed E-state index contributed by atoms with van der Waals surface area (Å²) in [6.45, 7) is 0. The first-order valence-corrected chi connectivity index (χ1v) is 7.06. The second kappa shape index (κ2) is 4.89. The lowest BCUT2D eigenvalue weighted by Crippen LogP contribution is -2.03. The fourth-order valence-electron chi connectivity index (χ4n) is 2.54. The van der Waals surface area contributed by atoms with Gasteiger partial charge in [-0.25, -0.2) is 4.39 Å². The van der Waals surface area contributed by atoms with E-state index in [0.717, 1.165) is 19.3 Å². The van der Waals surface area contributed by atoms with E-state index in [1.807, 2.05) is 18.2 Å². The Morgan fingerprint density at radius 3 is 2.63 bits per heavy atom. The molecule has 3 rings (SSSR count). The predicted molar refractivity (Wildman–Crippen MR) is 76.0 cm³/mol. The van der Waals surface area contributed by atoms with Gasteiger partial charge in [-0.2, -0.15) is 0 Å². The first kappa shape index (κ1) is 12.5. The minimum absolute atomic E-state index is 0.0680. The normalized spacial score (nSPS) is 13.4. The van der Waals surface area contributed by atoms with Crippen molar-refractivity contribution in [1.29, 1.82) is 0 Å². The molecule has 19 heavy (non-hydrogen) atoms. The number of fused-ring (bicyclic) bond motifs is 1. The Labute approximate surface area is 119 Å². The second-order valence-electron chi connectivity index (χ2n) is 4.79. The van der Waals surface area contributed by atoms with E-state index >= 15 is 0 Å². The largest absolute Gasteiger partial charge is 0.289 e. The lowest BCUT2D eigenvalue weighted by molar-refractivity contribution is 0.103. The summed E-state index contributed by atoms with van der Waals surface area (Å²) >= 11 is 3.25. The van der Waals surface area contributed by atoms with Crippen LogP contribution in [0.15, 0.2) is 40.9 Å². The average molecular weight is 319 g/mol. The van der Waals surface area contributed by atoms with Crippen LogP contribution < -0.4 is 0 Å². The molecule has 96 valence electrons. The van der Waals surface area contributed by atoms with Gasteiger partial charge in [0.2, 0.25) is 0 Å². The Bertz CT molecular complexity index is 664. The summed E-state index contributed by atoms with van der Waals surface area (Å²) in [5.41, 5.74) is 3.78. The van der Waals surface area contributed by atoms with Crippen LogP contribution in [0.1, 0.15) is 33.5 Å². The second-order valence-corrected chi connectivity index (χ2v) is 5.64. The molecule has 2 aromatic carbocycles. The molecule has 0 amide bonds. The lowest BCUT2D eigenvalue weighted by atomic mass is 9.99. The molecule has 0 spiro atoms. The molecular weight excluding hydrogens is 307 g/mol. The van der Waals surface area contributed by atoms with Gasteiger partial charge in [0.1, 0.15) is 5.82 Å². The van der Waals surface area contributed by atoms with Gasteiger partial charge >= 0.3 is 0 Å². The lowest BCUT2D eigenvalue weighted by Gasteiger charge is -2.06. The molecule has 1 aliphatic rings. The maximum atomic E-state index is 13.1. The molecule has 0 aromatic heterocycles. The van der Waals surface area contributed by atoms with Gasteiger partial charge in [0.05, 0.1) is 0 Å². The van der Waals surface area contributed by atoms with E-state index in [1.165, 1.54) is 29.3 Å². The van der Waals surface area contributed by atoms with Crippen molar-refractivity contribution in [1.82, 2.24) is 0 Å². The zero-order valence-corrected chi connectivity index (χ0v) is 11.8. The van der Waals surface area contributed by atoms with Crippen molar-refractivity contribution < 1.29 is 9.18 Å². The van der Waals surface area contributed by atoms with Crippen molar-refractivity contribution >= 4 is 21.7 Å². The van der Waals surface area contributed by atoms with Gasteiger partial charge in [-0.15, -0.1) is 0 Å². The molecule has 3 heteroatoms. The first-order chi connectivity index (χ1) is 9.15. The Balaban J connectivity index is 2.00. The molecule has 0 unspecified atom stereocenters. The molecule has 0 N–H and O–H groups in total. The Morgan fingerprint density at radius 2 is 1.84 bits per heavy atom. The van der Waals surface area contributed by atoms with Crippen molar-refractivity contribution in [3.05, 3.63) is 68.9 Å². The van der Waals surface area contributed by atoms with Crippen LogP contribution in [0.5, 0.6) is 0 Å². The Kier molecular flexibility index (Phi) is 3.23. The van der Waals surface area contributed by atoms with Crippen LogP contribution in [-0.2, 0) is 12.8 Å². The van der Waals surface area contributed by atoms with Crippen molar-refractivity contribution in [2.45, 2.75) is 19.3 Å². The number of hydrogen-bond acceptors (Lipinski definition) is 1. The fourth-order valence-corrected chi connectivity index (χ4v) is 3.07. The molecule has 0 saturated carbocycles. The van der Waals surface area contributed by atoms with E-state index < -0.39 is 0 Å². The van der Waals surface area contributed by atoms with E-state index in [2.05, 4.69) is 15.9 Å². The number of aryl methyl sites for hydroxylation is 2. The molecule has 0 bridgehead atoms. The number of carbonyl (C=O) groups excluding carboxylic acids is 1. The van der Waals surface area contributed by atoms with Gasteiger partial charge in [-0.05, 0) is 70.6 Å². The maximum absolute atomic E-state index is 13.1. The minimum atomic E-state index is -0.350. The van der Waals surface area contributed by atoms with Crippen molar-refractivity contribution in [3.63, 3.8) is 0 Å². The van der Waals surface area contributed by atoms with Gasteiger partial charge in [0, 0.05) is 15.6 Å². The van der Waals surface area contributed by atoms with Gasteiger partial charge in [0.25, 0.3) is 0 Å². The molecule has 0 atom stereocenters. The topological polar surface area (TPSA) is 17.1 Å². The van der Waals surface area contributed by atoms with Crippen molar-refractivity contribution in [2.24, 2.45) is 0 Å². The SMILES string of the molecule is O=C(c1ccc2c(c1)CCC2)c1ccc(F)cc1Br. The van der Waals surface area contributed by atoms with Crippen molar-refractivity contribution in [3.8, 4) is 0 Å². The van der Waals surface area contributed by atoms with Crippen LogP contribution in [-0.4, -0.2) is 5.78 Å². The third kappa shape index (κ3) is 2.35. The highest BCUT2D eigenvalue weighted by atomic mass is 79.9. The molecule has 2 aromatic rings. The number of ketones is 1. The summed E-state index contributed by atoms with van der Waals surface area (Å²) in [5.74, 6) is -0.418. The molecule has 1 aliphatic carbocycles. The predicted octanol–water partition coefficient (Wildman–Crippen LogP) is 4.31. The summed E-state index contributed by atoms with van der Waals surface area (Å²) < 4.78 is 13.6.